The molecule has 0 spiro atoms. The summed E-state index contributed by atoms with van der Waals surface area (Å²) in [6.07, 6.45) is -6.64. The van der Waals surface area contributed by atoms with Crippen molar-refractivity contribution in [2.75, 3.05) is 6.54 Å². The molecule has 17 heteroatoms. The Morgan fingerprint density at radius 3 is 2.39 bits per heavy atom. The molecule has 2 heterocycles. The minimum Gasteiger partial charge on any atom is -0.350 e. The summed E-state index contributed by atoms with van der Waals surface area (Å²) in [5, 5.41) is 8.46. The van der Waals surface area contributed by atoms with E-state index in [2.05, 4.69) is 25.4 Å². The molecule has 1 saturated carbocycles. The number of alkyl halides is 7. The van der Waals surface area contributed by atoms with E-state index in [1.807, 2.05) is 0 Å². The van der Waals surface area contributed by atoms with Gasteiger partial charge in [-0.2, -0.15) is 18.3 Å². The van der Waals surface area contributed by atoms with Crippen molar-refractivity contribution in [2.24, 2.45) is 5.92 Å². The van der Waals surface area contributed by atoms with Gasteiger partial charge in [0.25, 0.3) is 11.8 Å². The first-order chi connectivity index (χ1) is 20.3. The number of amides is 2. The molecule has 0 bridgehead atoms. The van der Waals surface area contributed by atoms with E-state index in [1.165, 1.54) is 17.1 Å². The number of halogens is 8. The smallest absolute Gasteiger partial charge is 0.350 e. The van der Waals surface area contributed by atoms with E-state index in [1.54, 1.807) is 19.2 Å². The SMILES string of the molecule is CC(C)n1ncnc1C(=O)N[C@H](c1nc2c(F)c([C@H](CC(F)(F)F)C(=O)NCC(C)(F)F)ccc2[nH]1)C1CCC(F)(F)CC1. The molecular weight excluding hydrogens is 606 g/mol. The lowest BCUT2D eigenvalue weighted by atomic mass is 9.81. The van der Waals surface area contributed by atoms with Gasteiger partial charge in [-0.1, -0.05) is 6.07 Å². The first-order valence-electron chi connectivity index (χ1n) is 13.8. The average Bonchev–Trinajstić information content (AvgIpc) is 3.57. The Labute approximate surface area is 246 Å². The lowest BCUT2D eigenvalue weighted by Crippen LogP contribution is -2.39. The Morgan fingerprint density at radius 1 is 1.14 bits per heavy atom. The van der Waals surface area contributed by atoms with Crippen LogP contribution in [0.15, 0.2) is 18.5 Å². The van der Waals surface area contributed by atoms with Crippen LogP contribution in [0, 0.1) is 11.7 Å². The van der Waals surface area contributed by atoms with Crippen molar-refractivity contribution in [1.29, 1.82) is 0 Å². The third kappa shape index (κ3) is 7.83. The van der Waals surface area contributed by atoms with Gasteiger partial charge in [-0.05, 0) is 38.7 Å². The van der Waals surface area contributed by atoms with Crippen LogP contribution in [0.1, 0.15) is 92.9 Å². The van der Waals surface area contributed by atoms with E-state index < -0.39 is 90.4 Å². The van der Waals surface area contributed by atoms with Crippen LogP contribution in [0.3, 0.4) is 0 Å². The summed E-state index contributed by atoms with van der Waals surface area (Å²) in [6.45, 7) is 2.71. The molecule has 0 saturated heterocycles. The molecule has 44 heavy (non-hydrogen) atoms. The number of hydrogen-bond acceptors (Lipinski definition) is 5. The zero-order chi connectivity index (χ0) is 32.6. The number of aromatic amines is 1. The number of rotatable bonds is 10. The molecule has 0 radical (unpaired) electrons. The molecule has 9 nitrogen and oxygen atoms in total. The van der Waals surface area contributed by atoms with E-state index in [4.69, 9.17) is 0 Å². The molecule has 3 aromatic rings. The van der Waals surface area contributed by atoms with Crippen LogP contribution >= 0.6 is 0 Å². The molecular formula is C27H31F8N7O2. The lowest BCUT2D eigenvalue weighted by molar-refractivity contribution is -0.148. The Hall–Kier alpha value is -3.79. The van der Waals surface area contributed by atoms with Gasteiger partial charge in [0.05, 0.1) is 30.4 Å². The number of imidazole rings is 1. The highest BCUT2D eigenvalue weighted by molar-refractivity contribution is 5.91. The van der Waals surface area contributed by atoms with Crippen molar-refractivity contribution in [3.05, 3.63) is 41.5 Å². The van der Waals surface area contributed by atoms with Gasteiger partial charge in [-0.25, -0.2) is 36.6 Å². The third-order valence-corrected chi connectivity index (χ3v) is 7.42. The van der Waals surface area contributed by atoms with Crippen LogP contribution in [-0.2, 0) is 4.79 Å². The molecule has 4 rings (SSSR count). The Balaban J connectivity index is 1.72. The number of fused-ring (bicyclic) bond motifs is 1. The van der Waals surface area contributed by atoms with Crippen LogP contribution in [-0.4, -0.2) is 61.1 Å². The molecule has 242 valence electrons. The highest BCUT2D eigenvalue weighted by atomic mass is 19.4. The number of hydrogen-bond donors (Lipinski definition) is 3. The third-order valence-electron chi connectivity index (χ3n) is 7.42. The van der Waals surface area contributed by atoms with Crippen molar-refractivity contribution in [3.63, 3.8) is 0 Å². The normalized spacial score (nSPS) is 17.5. The minimum atomic E-state index is -4.95. The van der Waals surface area contributed by atoms with E-state index in [0.717, 1.165) is 6.07 Å². The zero-order valence-electron chi connectivity index (χ0n) is 23.9. The van der Waals surface area contributed by atoms with E-state index in [0.29, 0.717) is 6.92 Å². The van der Waals surface area contributed by atoms with Gasteiger partial charge < -0.3 is 15.6 Å². The number of benzene rings is 1. The summed E-state index contributed by atoms with van der Waals surface area (Å²) in [6, 6.07) is 0.763. The second-order valence-electron chi connectivity index (χ2n) is 11.4. The summed E-state index contributed by atoms with van der Waals surface area (Å²) in [5.74, 6) is -12.7. The zero-order valence-corrected chi connectivity index (χ0v) is 23.9. The topological polar surface area (TPSA) is 118 Å². The summed E-state index contributed by atoms with van der Waals surface area (Å²) in [7, 11) is 0. The largest absolute Gasteiger partial charge is 0.390 e. The molecule has 0 unspecified atom stereocenters. The number of nitrogens with one attached hydrogen (secondary N) is 3. The maximum Gasteiger partial charge on any atom is 0.390 e. The fourth-order valence-electron chi connectivity index (χ4n) is 5.24. The Morgan fingerprint density at radius 2 is 1.80 bits per heavy atom. The molecule has 0 aliphatic heterocycles. The second kappa shape index (κ2) is 12.3. The van der Waals surface area contributed by atoms with Gasteiger partial charge in [0.1, 0.15) is 17.7 Å². The molecule has 2 atom stereocenters. The van der Waals surface area contributed by atoms with E-state index in [9.17, 15) is 40.3 Å². The highest BCUT2D eigenvalue weighted by Crippen LogP contribution is 2.42. The van der Waals surface area contributed by atoms with Crippen molar-refractivity contribution < 1.29 is 44.7 Å². The molecule has 1 fully saturated rings. The number of H-pyrrole nitrogens is 1. The number of carbonyl (C=O) groups excluding carboxylic acids is 2. The number of nitrogens with zero attached hydrogens (tertiary/aromatic N) is 4. The maximum atomic E-state index is 15.8. The summed E-state index contributed by atoms with van der Waals surface area (Å²) in [4.78, 5) is 36.8. The van der Waals surface area contributed by atoms with Crippen molar-refractivity contribution in [3.8, 4) is 0 Å². The van der Waals surface area contributed by atoms with Crippen molar-refractivity contribution >= 4 is 22.8 Å². The predicted octanol–water partition coefficient (Wildman–Crippen LogP) is 5.98. The van der Waals surface area contributed by atoms with Gasteiger partial charge >= 0.3 is 6.18 Å². The average molecular weight is 638 g/mol. The fourth-order valence-corrected chi connectivity index (χ4v) is 5.24. The van der Waals surface area contributed by atoms with Crippen LogP contribution in [0.2, 0.25) is 0 Å². The molecule has 2 amide bonds. The molecule has 2 aromatic heterocycles. The van der Waals surface area contributed by atoms with Gasteiger partial charge in [-0.3, -0.25) is 9.59 Å². The Kier molecular flexibility index (Phi) is 9.26. The van der Waals surface area contributed by atoms with Gasteiger partial charge in [0.15, 0.2) is 5.82 Å². The summed E-state index contributed by atoms with van der Waals surface area (Å²) < 4.78 is 112. The Bertz CT molecular complexity index is 1490. The fraction of sp³-hybridized carbons (Fsp3) is 0.593. The van der Waals surface area contributed by atoms with Crippen LogP contribution in [0.25, 0.3) is 11.0 Å². The van der Waals surface area contributed by atoms with E-state index >= 15 is 4.39 Å². The number of aromatic nitrogens is 5. The molecule has 1 aliphatic rings. The first-order valence-corrected chi connectivity index (χ1v) is 13.8. The molecule has 1 aromatic carbocycles. The first kappa shape index (κ1) is 33.1. The molecule has 1 aliphatic carbocycles. The van der Waals surface area contributed by atoms with Gasteiger partial charge in [0.2, 0.25) is 17.7 Å². The summed E-state index contributed by atoms with van der Waals surface area (Å²) >= 11 is 0. The van der Waals surface area contributed by atoms with Crippen molar-refractivity contribution in [1.82, 2.24) is 35.4 Å². The quantitative estimate of drug-likeness (QED) is 0.237. The summed E-state index contributed by atoms with van der Waals surface area (Å²) in [5.41, 5.74) is -1.23. The second-order valence-corrected chi connectivity index (χ2v) is 11.4. The molecule has 3 N–H and O–H groups in total. The minimum absolute atomic E-state index is 0.0155. The van der Waals surface area contributed by atoms with Crippen LogP contribution in [0.4, 0.5) is 35.1 Å². The van der Waals surface area contributed by atoms with Gasteiger partial charge in [0, 0.05) is 31.4 Å². The predicted molar refractivity (Wildman–Crippen MR) is 141 cm³/mol. The van der Waals surface area contributed by atoms with Crippen LogP contribution < -0.4 is 10.6 Å². The standard InChI is InChI=1S/C27H31F8N7O2/c1-13(2)42-22(37-12-38-42)24(44)41-19(14-6-8-26(31,32)9-7-14)21-39-17-5-4-15(18(28)20(17)40-21)16(10-27(33,34)35)23(43)36-11-25(3,29)30/h4-5,12-14,16,19H,6-11H2,1-3H3,(H,36,43)(H,39,40)(H,41,44)/t16-,19-/m0/s1. The van der Waals surface area contributed by atoms with Crippen molar-refractivity contribution in [2.45, 2.75) is 88.9 Å². The van der Waals surface area contributed by atoms with E-state index in [-0.39, 0.29) is 36.0 Å². The highest BCUT2D eigenvalue weighted by Gasteiger charge is 2.41. The van der Waals surface area contributed by atoms with Gasteiger partial charge in [-0.15, -0.1) is 0 Å². The van der Waals surface area contributed by atoms with Crippen LogP contribution in [0.5, 0.6) is 0 Å². The maximum absolute atomic E-state index is 15.8. The lowest BCUT2D eigenvalue weighted by Gasteiger charge is -2.33. The number of carbonyl (C=O) groups is 2. The monoisotopic (exact) mass is 637 g/mol.